The third-order valence-corrected chi connectivity index (χ3v) is 14.4. The second kappa shape index (κ2) is 17.8. The van der Waals surface area contributed by atoms with Gasteiger partial charge in [-0.1, -0.05) is 36.4 Å². The number of rotatable bonds is 4. The molecule has 2 fully saturated rings. The van der Waals surface area contributed by atoms with Gasteiger partial charge in [0.2, 0.25) is 5.75 Å². The molecule has 0 amide bonds. The summed E-state index contributed by atoms with van der Waals surface area (Å²) in [6, 6.07) is 21.2. The number of fused-ring (bicyclic) bond motifs is 5. The summed E-state index contributed by atoms with van der Waals surface area (Å²) in [7, 11) is 11.1. The summed E-state index contributed by atoms with van der Waals surface area (Å²) >= 11 is 0. The Morgan fingerprint density at radius 3 is 2.16 bits per heavy atom. The number of nitrogens with zero attached hydrogens (tertiary/aromatic N) is 2. The van der Waals surface area contributed by atoms with Gasteiger partial charge in [0, 0.05) is 42.2 Å². The van der Waals surface area contributed by atoms with E-state index in [4.69, 9.17) is 37.9 Å². The lowest BCUT2D eigenvalue weighted by molar-refractivity contribution is -0.140. The van der Waals surface area contributed by atoms with E-state index in [1.54, 1.807) is 28.4 Å². The first-order chi connectivity index (χ1) is 30.9. The molecule has 2 saturated heterocycles. The Kier molecular flexibility index (Phi) is 12.2. The van der Waals surface area contributed by atoms with Gasteiger partial charge in [0.25, 0.3) is 0 Å². The number of hydrogen-bond acceptors (Lipinski definition) is 11. The molecule has 0 spiro atoms. The zero-order valence-electron chi connectivity index (χ0n) is 38.6. The van der Waals surface area contributed by atoms with Crippen molar-refractivity contribution in [1.82, 2.24) is 9.80 Å². The summed E-state index contributed by atoms with van der Waals surface area (Å²) in [6.45, 7) is 10.0. The molecule has 0 saturated carbocycles. The molecule has 11 nitrogen and oxygen atoms in total. The first kappa shape index (κ1) is 43.7. The molecule has 7 aliphatic rings. The molecule has 6 aliphatic heterocycles. The number of epoxide rings is 1. The van der Waals surface area contributed by atoms with Crippen LogP contribution in [0.5, 0.6) is 46.0 Å². The van der Waals surface area contributed by atoms with Crippen molar-refractivity contribution < 1.29 is 42.7 Å². The van der Waals surface area contributed by atoms with Gasteiger partial charge < -0.3 is 37.9 Å². The summed E-state index contributed by atoms with van der Waals surface area (Å²) in [6.07, 6.45) is 9.63. The highest BCUT2D eigenvalue weighted by Gasteiger charge is 2.61. The Balaban J connectivity index is 0.000000239. The second-order valence-electron chi connectivity index (χ2n) is 18.4. The lowest BCUT2D eigenvalue weighted by atomic mass is 9.84. The molecule has 0 N–H and O–H groups in total. The van der Waals surface area contributed by atoms with E-state index in [-0.39, 0.29) is 41.8 Å². The molecule has 6 atom stereocenters. The van der Waals surface area contributed by atoms with E-state index in [0.717, 1.165) is 81.3 Å². The highest BCUT2D eigenvalue weighted by molar-refractivity contribution is 5.91. The third-order valence-electron chi connectivity index (χ3n) is 14.4. The fourth-order valence-corrected chi connectivity index (χ4v) is 10.5. The molecule has 6 heterocycles. The lowest BCUT2D eigenvalue weighted by Crippen LogP contribution is -2.34. The van der Waals surface area contributed by atoms with Crippen LogP contribution in [0, 0.1) is 5.92 Å². The van der Waals surface area contributed by atoms with E-state index in [9.17, 15) is 4.79 Å². The molecule has 1 aliphatic carbocycles. The van der Waals surface area contributed by atoms with Gasteiger partial charge in [-0.3, -0.25) is 9.80 Å². The molecule has 11 rings (SSSR count). The fraction of sp³-hybridized carbons (Fsp3) is 0.453. The number of benzene rings is 4. The normalized spacial score (nSPS) is 26.1. The minimum absolute atomic E-state index is 0.000437. The molecule has 338 valence electrons. The average Bonchev–Trinajstić information content (AvgIpc) is 3.88. The van der Waals surface area contributed by atoms with Crippen molar-refractivity contribution in [2.24, 2.45) is 5.92 Å². The van der Waals surface area contributed by atoms with Crippen molar-refractivity contribution in [1.29, 1.82) is 0 Å². The SMILES string of the molecule is C=C1C(=O)OC2C1CCC(C)=CCCC1(C)OC21.COc1ccc2cc1Oc1ccc(cc1)CC1c3cc(c(OC)cc3CCN1C)Oc1c(OC)c(OC)cc3c1C(C2)N(C)CC3. The van der Waals surface area contributed by atoms with Crippen molar-refractivity contribution in [2.75, 3.05) is 55.6 Å². The van der Waals surface area contributed by atoms with Crippen LogP contribution in [0.4, 0.5) is 0 Å². The molecule has 0 radical (unpaired) electrons. The molecular weight excluding hydrogens is 809 g/mol. The van der Waals surface area contributed by atoms with Crippen LogP contribution in [0.3, 0.4) is 0 Å². The number of likely N-dealkylation sites (N-methyl/N-ethyl adjacent to an activating group) is 2. The Morgan fingerprint density at radius 2 is 1.42 bits per heavy atom. The van der Waals surface area contributed by atoms with Crippen LogP contribution in [0.1, 0.15) is 85.0 Å². The Hall–Kier alpha value is -5.49. The number of ether oxygens (including phenoxy) is 8. The van der Waals surface area contributed by atoms with Crippen LogP contribution in [0.15, 0.2) is 84.5 Å². The fourth-order valence-electron chi connectivity index (χ4n) is 10.5. The van der Waals surface area contributed by atoms with Gasteiger partial charge in [0.05, 0.1) is 34.0 Å². The molecule has 0 aromatic heterocycles. The van der Waals surface area contributed by atoms with Gasteiger partial charge in [-0.25, -0.2) is 4.79 Å². The van der Waals surface area contributed by atoms with Crippen molar-refractivity contribution in [3.8, 4) is 46.0 Å². The Morgan fingerprint density at radius 1 is 0.750 bits per heavy atom. The molecule has 6 bridgehead atoms. The van der Waals surface area contributed by atoms with Crippen molar-refractivity contribution >= 4 is 5.97 Å². The first-order valence-electron chi connectivity index (χ1n) is 22.7. The van der Waals surface area contributed by atoms with Crippen LogP contribution in [-0.4, -0.2) is 89.2 Å². The zero-order valence-corrected chi connectivity index (χ0v) is 38.6. The molecule has 6 unspecified atom stereocenters. The zero-order chi connectivity index (χ0) is 44.9. The molecule has 4 aromatic carbocycles. The van der Waals surface area contributed by atoms with E-state index >= 15 is 0 Å². The molecule has 11 heteroatoms. The summed E-state index contributed by atoms with van der Waals surface area (Å²) in [5, 5.41) is 0. The lowest BCUT2D eigenvalue weighted by Gasteiger charge is -2.37. The second-order valence-corrected chi connectivity index (χ2v) is 18.4. The monoisotopic (exact) mass is 870 g/mol. The smallest absolute Gasteiger partial charge is 0.334 e. The summed E-state index contributed by atoms with van der Waals surface area (Å²) in [4.78, 5) is 16.5. The Bertz CT molecular complexity index is 2460. The number of carbonyl (C=O) groups is 1. The molecule has 64 heavy (non-hydrogen) atoms. The van der Waals surface area contributed by atoms with E-state index in [2.05, 4.69) is 92.9 Å². The van der Waals surface area contributed by atoms with Crippen molar-refractivity contribution in [2.45, 2.75) is 95.1 Å². The molecule has 4 aromatic rings. The minimum Gasteiger partial charge on any atom is -0.493 e. The topological polar surface area (TPSA) is 101 Å². The van der Waals surface area contributed by atoms with Crippen LogP contribution in [0.25, 0.3) is 0 Å². The predicted molar refractivity (Wildman–Crippen MR) is 246 cm³/mol. The van der Waals surface area contributed by atoms with Gasteiger partial charge in [-0.2, -0.15) is 0 Å². The van der Waals surface area contributed by atoms with Gasteiger partial charge in [-0.05, 0) is 150 Å². The maximum atomic E-state index is 11.7. The van der Waals surface area contributed by atoms with Crippen LogP contribution >= 0.6 is 0 Å². The standard InChI is InChI=1S/C38H42N2O6.C15H20O3/c1-39-15-13-25-20-32(42-4)34-22-28(25)29(39)17-23-7-10-27(11-8-23)45-33-19-24(9-12-31(33)41-3)18-30-36-26(14-16-40(30)2)21-35(43-5)37(44-6)38(36)46-34;1-9-5-4-8-15(3)13(18-15)12-11(7-6-9)10(2)14(16)17-12/h7-12,19-22,29-30H,13-18H2,1-6H3;5,11-13H,2,4,6-8H2,1,3H3. The van der Waals surface area contributed by atoms with E-state index in [1.165, 1.54) is 27.8 Å². The van der Waals surface area contributed by atoms with Crippen molar-refractivity contribution in [3.05, 3.63) is 118 Å². The van der Waals surface area contributed by atoms with E-state index in [1.807, 2.05) is 18.2 Å². The van der Waals surface area contributed by atoms with Crippen LogP contribution < -0.4 is 28.4 Å². The van der Waals surface area contributed by atoms with Crippen molar-refractivity contribution in [3.63, 3.8) is 0 Å². The maximum absolute atomic E-state index is 11.7. The third kappa shape index (κ3) is 8.34. The Labute approximate surface area is 377 Å². The quantitative estimate of drug-likeness (QED) is 0.0848. The van der Waals surface area contributed by atoms with Gasteiger partial charge in [-0.15, -0.1) is 0 Å². The molecular formula is C53H62N2O9. The first-order valence-corrected chi connectivity index (χ1v) is 22.7. The predicted octanol–water partition coefficient (Wildman–Crippen LogP) is 9.92. The largest absolute Gasteiger partial charge is 0.493 e. The number of methoxy groups -OCH3 is 4. The summed E-state index contributed by atoms with van der Waals surface area (Å²) in [5.41, 5.74) is 9.07. The van der Waals surface area contributed by atoms with Gasteiger partial charge >= 0.3 is 5.97 Å². The average molecular weight is 871 g/mol. The maximum Gasteiger partial charge on any atom is 0.334 e. The van der Waals surface area contributed by atoms with Crippen LogP contribution in [0.2, 0.25) is 0 Å². The number of allylic oxidation sites excluding steroid dienone is 2. The van der Waals surface area contributed by atoms with E-state index < -0.39 is 0 Å². The number of carbonyl (C=O) groups excluding carboxylic acids is 1. The minimum atomic E-state index is -0.233. The highest BCUT2D eigenvalue weighted by atomic mass is 16.6. The summed E-state index contributed by atoms with van der Waals surface area (Å²) in [5.74, 6) is 5.31. The number of hydrogen-bond donors (Lipinski definition) is 0. The van der Waals surface area contributed by atoms with Crippen LogP contribution in [-0.2, 0) is 40.0 Å². The highest BCUT2D eigenvalue weighted by Crippen LogP contribution is 2.53. The number of esters is 1. The van der Waals surface area contributed by atoms with Gasteiger partial charge in [0.1, 0.15) is 18.0 Å². The van der Waals surface area contributed by atoms with Gasteiger partial charge in [0.15, 0.2) is 34.5 Å². The van der Waals surface area contributed by atoms with E-state index in [0.29, 0.717) is 45.8 Å². The summed E-state index contributed by atoms with van der Waals surface area (Å²) < 4.78 is 48.4.